The van der Waals surface area contributed by atoms with E-state index in [2.05, 4.69) is 34.2 Å². The van der Waals surface area contributed by atoms with Gasteiger partial charge >= 0.3 is 0 Å². The molecule has 0 aliphatic rings. The molecule has 2 rings (SSSR count). The van der Waals surface area contributed by atoms with Crippen molar-refractivity contribution in [3.8, 4) is 11.5 Å². The average molecular weight is 350 g/mol. The Morgan fingerprint density at radius 3 is 2.62 bits per heavy atom. The lowest BCUT2D eigenvalue weighted by Gasteiger charge is -2.15. The quantitative estimate of drug-likeness (QED) is 0.814. The van der Waals surface area contributed by atoms with Crippen molar-refractivity contribution in [3.63, 3.8) is 0 Å². The van der Waals surface area contributed by atoms with Crippen molar-refractivity contribution in [2.24, 2.45) is 0 Å². The van der Waals surface area contributed by atoms with Crippen LogP contribution in [0.1, 0.15) is 18.1 Å². The predicted octanol–water partition coefficient (Wildman–Crippen LogP) is 4.78. The van der Waals surface area contributed by atoms with Crippen molar-refractivity contribution in [2.75, 3.05) is 19.0 Å². The van der Waals surface area contributed by atoms with Crippen LogP contribution in [0.2, 0.25) is 0 Å². The highest BCUT2D eigenvalue weighted by molar-refractivity contribution is 9.10. The van der Waals surface area contributed by atoms with Crippen LogP contribution in [0.3, 0.4) is 0 Å². The van der Waals surface area contributed by atoms with Crippen molar-refractivity contribution in [3.05, 3.63) is 52.0 Å². The molecule has 21 heavy (non-hydrogen) atoms. The van der Waals surface area contributed by atoms with Crippen molar-refractivity contribution in [1.29, 1.82) is 0 Å². The van der Waals surface area contributed by atoms with Gasteiger partial charge in [0.25, 0.3) is 0 Å². The lowest BCUT2D eigenvalue weighted by atomic mass is 10.1. The highest BCUT2D eigenvalue weighted by Gasteiger charge is 2.10. The molecular formula is C17H20BrNO2. The van der Waals surface area contributed by atoms with Gasteiger partial charge in [0.2, 0.25) is 0 Å². The van der Waals surface area contributed by atoms with Gasteiger partial charge in [0.1, 0.15) is 0 Å². The summed E-state index contributed by atoms with van der Waals surface area (Å²) in [6.07, 6.45) is 0. The number of halogens is 1. The molecule has 0 radical (unpaired) electrons. The number of ether oxygens (including phenoxy) is 2. The Balaban J connectivity index is 2.20. The molecule has 0 saturated carbocycles. The molecule has 1 N–H and O–H groups in total. The fourth-order valence-corrected chi connectivity index (χ4v) is 2.56. The Kier molecular flexibility index (Phi) is 5.51. The molecule has 0 saturated heterocycles. The van der Waals surface area contributed by atoms with Gasteiger partial charge in [0.05, 0.1) is 13.7 Å². The van der Waals surface area contributed by atoms with Gasteiger partial charge in [0.15, 0.2) is 11.5 Å². The fraction of sp³-hybridized carbons (Fsp3) is 0.294. The summed E-state index contributed by atoms with van der Waals surface area (Å²) in [7, 11) is 1.67. The summed E-state index contributed by atoms with van der Waals surface area (Å²) in [5, 5.41) is 3.45. The second-order valence-corrected chi connectivity index (χ2v) is 5.50. The van der Waals surface area contributed by atoms with Crippen LogP contribution in [-0.2, 0) is 6.54 Å². The highest BCUT2D eigenvalue weighted by Crippen LogP contribution is 2.32. The molecule has 0 fully saturated rings. The molecule has 0 bridgehead atoms. The van der Waals surface area contributed by atoms with E-state index in [0.29, 0.717) is 13.2 Å². The molecule has 0 aliphatic heterocycles. The first-order valence-electron chi connectivity index (χ1n) is 6.95. The Morgan fingerprint density at radius 1 is 1.14 bits per heavy atom. The second kappa shape index (κ2) is 7.36. The van der Waals surface area contributed by atoms with E-state index < -0.39 is 0 Å². The fourth-order valence-electron chi connectivity index (χ4n) is 2.19. The van der Waals surface area contributed by atoms with Crippen molar-refractivity contribution in [2.45, 2.75) is 20.4 Å². The summed E-state index contributed by atoms with van der Waals surface area (Å²) < 4.78 is 12.2. The SMILES string of the molecule is CCOc1cccc(CNc2cccc(Br)c2C)c1OC. The molecule has 0 aliphatic carbocycles. The Labute approximate surface area is 134 Å². The van der Waals surface area contributed by atoms with Crippen LogP contribution < -0.4 is 14.8 Å². The number of anilines is 1. The minimum Gasteiger partial charge on any atom is -0.493 e. The molecule has 112 valence electrons. The smallest absolute Gasteiger partial charge is 0.165 e. The lowest BCUT2D eigenvalue weighted by Crippen LogP contribution is -2.05. The van der Waals surface area contributed by atoms with Gasteiger partial charge in [0, 0.05) is 22.3 Å². The van der Waals surface area contributed by atoms with Crippen LogP contribution in [0.15, 0.2) is 40.9 Å². The van der Waals surface area contributed by atoms with E-state index in [1.165, 1.54) is 5.56 Å². The van der Waals surface area contributed by atoms with Crippen molar-refractivity contribution in [1.82, 2.24) is 0 Å². The van der Waals surface area contributed by atoms with E-state index in [1.807, 2.05) is 37.3 Å². The zero-order chi connectivity index (χ0) is 15.2. The number of nitrogens with one attached hydrogen (secondary N) is 1. The van der Waals surface area contributed by atoms with Crippen LogP contribution >= 0.6 is 15.9 Å². The minimum atomic E-state index is 0.623. The maximum absolute atomic E-state index is 5.60. The molecule has 0 atom stereocenters. The molecule has 0 spiro atoms. The van der Waals surface area contributed by atoms with Crippen molar-refractivity contribution < 1.29 is 9.47 Å². The minimum absolute atomic E-state index is 0.623. The maximum Gasteiger partial charge on any atom is 0.165 e. The monoisotopic (exact) mass is 349 g/mol. The summed E-state index contributed by atoms with van der Waals surface area (Å²) in [5.41, 5.74) is 3.37. The number of benzene rings is 2. The standard InChI is InChI=1S/C17H20BrNO2/c1-4-21-16-10-5-7-13(17(16)20-3)11-19-15-9-6-8-14(18)12(15)2/h5-10,19H,4,11H2,1-3H3. The van der Waals surface area contributed by atoms with Gasteiger partial charge < -0.3 is 14.8 Å². The van der Waals surface area contributed by atoms with Gasteiger partial charge in [-0.2, -0.15) is 0 Å². The Bertz CT molecular complexity index is 614. The number of methoxy groups -OCH3 is 1. The third-order valence-electron chi connectivity index (χ3n) is 3.30. The summed E-state index contributed by atoms with van der Waals surface area (Å²) in [6, 6.07) is 12.1. The summed E-state index contributed by atoms with van der Waals surface area (Å²) in [6.45, 7) is 5.36. The topological polar surface area (TPSA) is 30.5 Å². The number of rotatable bonds is 6. The second-order valence-electron chi connectivity index (χ2n) is 4.65. The number of hydrogen-bond acceptors (Lipinski definition) is 3. The molecular weight excluding hydrogens is 330 g/mol. The van der Waals surface area contributed by atoms with Gasteiger partial charge in [-0.15, -0.1) is 0 Å². The van der Waals surface area contributed by atoms with Crippen LogP contribution in [0, 0.1) is 6.92 Å². The first-order valence-corrected chi connectivity index (χ1v) is 7.74. The van der Waals surface area contributed by atoms with E-state index >= 15 is 0 Å². The van der Waals surface area contributed by atoms with Crippen molar-refractivity contribution >= 4 is 21.6 Å². The third kappa shape index (κ3) is 3.70. The zero-order valence-corrected chi connectivity index (χ0v) is 14.2. The van der Waals surface area contributed by atoms with E-state index in [9.17, 15) is 0 Å². The largest absolute Gasteiger partial charge is 0.493 e. The van der Waals surface area contributed by atoms with E-state index in [4.69, 9.17) is 9.47 Å². The Hall–Kier alpha value is -1.68. The van der Waals surface area contributed by atoms with Gasteiger partial charge in [-0.25, -0.2) is 0 Å². The molecule has 3 nitrogen and oxygen atoms in total. The molecule has 2 aromatic rings. The third-order valence-corrected chi connectivity index (χ3v) is 4.16. The molecule has 0 aromatic heterocycles. The van der Waals surface area contributed by atoms with E-state index in [1.54, 1.807) is 7.11 Å². The normalized spacial score (nSPS) is 10.3. The highest BCUT2D eigenvalue weighted by atomic mass is 79.9. The number of hydrogen-bond donors (Lipinski definition) is 1. The summed E-state index contributed by atoms with van der Waals surface area (Å²) in [4.78, 5) is 0. The molecule has 4 heteroatoms. The molecule has 0 unspecified atom stereocenters. The summed E-state index contributed by atoms with van der Waals surface area (Å²) >= 11 is 3.55. The van der Waals surface area contributed by atoms with E-state index in [0.717, 1.165) is 27.2 Å². The average Bonchev–Trinajstić information content (AvgIpc) is 2.49. The van der Waals surface area contributed by atoms with E-state index in [-0.39, 0.29) is 0 Å². The van der Waals surface area contributed by atoms with Crippen LogP contribution in [0.5, 0.6) is 11.5 Å². The van der Waals surface area contributed by atoms with Gasteiger partial charge in [-0.05, 0) is 37.6 Å². The summed E-state index contributed by atoms with van der Waals surface area (Å²) in [5.74, 6) is 1.57. The molecule has 0 amide bonds. The zero-order valence-electron chi connectivity index (χ0n) is 12.6. The Morgan fingerprint density at radius 2 is 1.90 bits per heavy atom. The van der Waals surface area contributed by atoms with Crippen LogP contribution in [0.25, 0.3) is 0 Å². The van der Waals surface area contributed by atoms with Crippen LogP contribution in [-0.4, -0.2) is 13.7 Å². The number of para-hydroxylation sites is 1. The van der Waals surface area contributed by atoms with Crippen LogP contribution in [0.4, 0.5) is 5.69 Å². The van der Waals surface area contributed by atoms with Gasteiger partial charge in [-0.3, -0.25) is 0 Å². The van der Waals surface area contributed by atoms with Gasteiger partial charge in [-0.1, -0.05) is 34.1 Å². The first kappa shape index (κ1) is 15.7. The molecule has 2 aromatic carbocycles. The maximum atomic E-state index is 5.60. The predicted molar refractivity (Wildman–Crippen MR) is 90.4 cm³/mol. The lowest BCUT2D eigenvalue weighted by molar-refractivity contribution is 0.309. The first-order chi connectivity index (χ1) is 10.2. The molecule has 0 heterocycles.